The predicted molar refractivity (Wildman–Crippen MR) is 350 cm³/mol. The molecule has 10 heteroatoms. The van der Waals surface area contributed by atoms with E-state index in [1.807, 2.05) is 33.3 Å². The lowest BCUT2D eigenvalue weighted by atomic mass is 10.0. The van der Waals surface area contributed by atoms with E-state index in [4.69, 9.17) is 13.8 Å². The standard InChI is InChI=1S/C71H125N2O7P/c1-7-10-13-16-19-22-25-28-30-32-34-35-36-37-39-41-43-46-49-52-55-58-61-64-71(75)80-69(62-59-56-53-50-47-44-27-24-21-18-15-12-9-3)68(67-79-81(76,77)78-66-65-73(4,5)6)72-70(74)63-60-57-54-51-48-45-42-40-38-33-31-29-26-23-20-17-14-11-8-2/h19-20,22-23,28-31,34-35,37-40,45,48,59,62,68-69H,7-18,21,24-27,32-33,36,41-44,46-47,49-58,60-61,63-67H2,1-6H3,(H-,72,74,76,77)/p+1/b22-19-,23-20-,30-28-,31-29-,35-34-,39-37-,40-38-,48-45-,62-59+. The van der Waals surface area contributed by atoms with Crippen LogP contribution in [0.2, 0.25) is 0 Å². The van der Waals surface area contributed by atoms with Gasteiger partial charge in [-0.15, -0.1) is 0 Å². The lowest BCUT2D eigenvalue weighted by Crippen LogP contribution is -2.47. The Balaban J connectivity index is 5.30. The highest BCUT2D eigenvalue weighted by molar-refractivity contribution is 7.47. The van der Waals surface area contributed by atoms with Gasteiger partial charge in [0.25, 0.3) is 0 Å². The van der Waals surface area contributed by atoms with Gasteiger partial charge in [-0.2, -0.15) is 0 Å². The molecule has 3 atom stereocenters. The van der Waals surface area contributed by atoms with E-state index in [-0.39, 0.29) is 37.9 Å². The molecular formula is C71H126N2O7P+. The lowest BCUT2D eigenvalue weighted by Gasteiger charge is -2.27. The average molecular weight is 1150 g/mol. The molecule has 0 saturated heterocycles. The smallest absolute Gasteiger partial charge is 0.456 e. The Labute approximate surface area is 500 Å². The number of ether oxygens (including phenoxy) is 1. The summed E-state index contributed by atoms with van der Waals surface area (Å²) in [5.41, 5.74) is 0. The third-order valence-electron chi connectivity index (χ3n) is 14.2. The fraction of sp³-hybridized carbons (Fsp3) is 0.718. The fourth-order valence-electron chi connectivity index (χ4n) is 9.02. The van der Waals surface area contributed by atoms with E-state index < -0.39 is 20.0 Å². The number of esters is 1. The van der Waals surface area contributed by atoms with Crippen molar-refractivity contribution < 1.29 is 37.3 Å². The number of carbonyl (C=O) groups is 2. The molecule has 2 N–H and O–H groups in total. The van der Waals surface area contributed by atoms with Gasteiger partial charge in [-0.1, -0.05) is 252 Å². The van der Waals surface area contributed by atoms with Crippen LogP contribution in [-0.2, 0) is 27.9 Å². The van der Waals surface area contributed by atoms with Crippen molar-refractivity contribution in [1.29, 1.82) is 0 Å². The molecule has 0 aliphatic heterocycles. The van der Waals surface area contributed by atoms with E-state index in [0.717, 1.165) is 109 Å². The fourth-order valence-corrected chi connectivity index (χ4v) is 9.76. The second kappa shape index (κ2) is 59.8. The van der Waals surface area contributed by atoms with Crippen LogP contribution in [0, 0.1) is 0 Å². The summed E-state index contributed by atoms with van der Waals surface area (Å²) in [7, 11) is 1.46. The monoisotopic (exact) mass is 1150 g/mol. The second-order valence-corrected chi connectivity index (χ2v) is 24.7. The summed E-state index contributed by atoms with van der Waals surface area (Å²) < 4.78 is 30.7. The van der Waals surface area contributed by atoms with Crippen molar-refractivity contribution in [2.75, 3.05) is 40.9 Å². The maximum atomic E-state index is 13.6. The molecule has 0 spiro atoms. The average Bonchev–Trinajstić information content (AvgIpc) is 3.44. The first kappa shape index (κ1) is 77.7. The van der Waals surface area contributed by atoms with Crippen molar-refractivity contribution in [3.8, 4) is 0 Å². The van der Waals surface area contributed by atoms with Crippen LogP contribution in [0.5, 0.6) is 0 Å². The third-order valence-corrected chi connectivity index (χ3v) is 15.2. The number of phosphoric ester groups is 1. The zero-order chi connectivity index (χ0) is 59.3. The summed E-state index contributed by atoms with van der Waals surface area (Å²) in [5, 5.41) is 3.04. The van der Waals surface area contributed by atoms with Crippen LogP contribution < -0.4 is 5.32 Å². The van der Waals surface area contributed by atoms with Crippen LogP contribution in [0.3, 0.4) is 0 Å². The maximum Gasteiger partial charge on any atom is 0.472 e. The Kier molecular flexibility index (Phi) is 57.4. The Morgan fingerprint density at radius 2 is 0.753 bits per heavy atom. The highest BCUT2D eigenvalue weighted by atomic mass is 31.2. The zero-order valence-corrected chi connectivity index (χ0v) is 54.1. The van der Waals surface area contributed by atoms with E-state index in [1.54, 1.807) is 0 Å². The number of likely N-dealkylation sites (N-methyl/N-ethyl adjacent to an activating group) is 1. The van der Waals surface area contributed by atoms with Crippen molar-refractivity contribution in [2.24, 2.45) is 0 Å². The van der Waals surface area contributed by atoms with Gasteiger partial charge in [-0.3, -0.25) is 18.6 Å². The molecule has 81 heavy (non-hydrogen) atoms. The second-order valence-electron chi connectivity index (χ2n) is 23.3. The first-order chi connectivity index (χ1) is 39.4. The molecule has 0 aromatic heterocycles. The molecule has 1 amide bonds. The van der Waals surface area contributed by atoms with Gasteiger partial charge in [0.15, 0.2) is 0 Å². The predicted octanol–water partition coefficient (Wildman–Crippen LogP) is 20.9. The van der Waals surface area contributed by atoms with E-state index >= 15 is 0 Å². The Bertz CT molecular complexity index is 1750. The van der Waals surface area contributed by atoms with Crippen LogP contribution in [0.15, 0.2) is 109 Å². The molecule has 0 aliphatic rings. The topological polar surface area (TPSA) is 111 Å². The SMILES string of the molecule is CCCCC/C=C\C/C=C\C/C=C\C/C=C\CCCCCCCCCC(=O)OC(/C=C/CCCCCCCCCCCCC)C(COP(=O)(O)OCC[N+](C)(C)C)NC(=O)CCCCC/C=C\C/C=C\C/C=C\C/C=C\CCCCC. The number of quaternary nitrogens is 1. The Morgan fingerprint density at radius 3 is 1.16 bits per heavy atom. The molecule has 3 unspecified atom stereocenters. The lowest BCUT2D eigenvalue weighted by molar-refractivity contribution is -0.870. The molecule has 0 bridgehead atoms. The van der Waals surface area contributed by atoms with Crippen molar-refractivity contribution >= 4 is 19.7 Å². The zero-order valence-electron chi connectivity index (χ0n) is 53.2. The van der Waals surface area contributed by atoms with Gasteiger partial charge >= 0.3 is 13.8 Å². The van der Waals surface area contributed by atoms with Gasteiger partial charge in [-0.25, -0.2) is 4.57 Å². The molecule has 0 aliphatic carbocycles. The number of nitrogens with zero attached hydrogens (tertiary/aromatic N) is 1. The summed E-state index contributed by atoms with van der Waals surface area (Å²) in [4.78, 5) is 37.8. The molecule has 0 saturated carbocycles. The number of hydrogen-bond acceptors (Lipinski definition) is 6. The normalized spacial score (nSPS) is 14.3. The maximum absolute atomic E-state index is 13.6. The number of phosphoric acid groups is 1. The molecule has 0 aromatic carbocycles. The number of amides is 1. The Morgan fingerprint density at radius 1 is 0.432 bits per heavy atom. The van der Waals surface area contributed by atoms with Crippen LogP contribution in [0.1, 0.15) is 278 Å². The van der Waals surface area contributed by atoms with Gasteiger partial charge in [-0.05, 0) is 122 Å². The van der Waals surface area contributed by atoms with Crippen molar-refractivity contribution in [1.82, 2.24) is 5.32 Å². The quantitative estimate of drug-likeness (QED) is 0.0205. The number of unbranched alkanes of at least 4 members (excludes halogenated alkanes) is 27. The Hall–Kier alpha value is -3.33. The minimum Gasteiger partial charge on any atom is -0.456 e. The van der Waals surface area contributed by atoms with Gasteiger partial charge in [0.1, 0.15) is 19.3 Å². The number of hydrogen-bond donors (Lipinski definition) is 2. The largest absolute Gasteiger partial charge is 0.472 e. The van der Waals surface area contributed by atoms with E-state index in [2.05, 4.69) is 123 Å². The molecule has 0 radical (unpaired) electrons. The molecule has 9 nitrogen and oxygen atoms in total. The number of carbonyl (C=O) groups excluding carboxylic acids is 2. The van der Waals surface area contributed by atoms with Gasteiger partial charge in [0.2, 0.25) is 5.91 Å². The molecule has 0 aromatic rings. The van der Waals surface area contributed by atoms with E-state index in [0.29, 0.717) is 17.4 Å². The molecule has 0 heterocycles. The summed E-state index contributed by atoms with van der Waals surface area (Å²) in [5.74, 6) is -0.556. The minimum atomic E-state index is -4.47. The van der Waals surface area contributed by atoms with Crippen LogP contribution in [-0.4, -0.2) is 74.3 Å². The van der Waals surface area contributed by atoms with Crippen LogP contribution >= 0.6 is 7.82 Å². The molecule has 0 rings (SSSR count). The molecule has 0 fully saturated rings. The summed E-state index contributed by atoms with van der Waals surface area (Å²) >= 11 is 0. The summed E-state index contributed by atoms with van der Waals surface area (Å²) in [6.07, 6.45) is 82.3. The van der Waals surface area contributed by atoms with Crippen molar-refractivity contribution in [3.05, 3.63) is 109 Å². The van der Waals surface area contributed by atoms with E-state index in [9.17, 15) is 19.0 Å². The van der Waals surface area contributed by atoms with Gasteiger partial charge < -0.3 is 19.4 Å². The highest BCUT2D eigenvalue weighted by Gasteiger charge is 2.30. The van der Waals surface area contributed by atoms with Gasteiger partial charge in [0.05, 0.1) is 33.8 Å². The summed E-state index contributed by atoms with van der Waals surface area (Å²) in [6.45, 7) is 6.93. The van der Waals surface area contributed by atoms with E-state index in [1.165, 1.54) is 128 Å². The van der Waals surface area contributed by atoms with Gasteiger partial charge in [0, 0.05) is 12.8 Å². The van der Waals surface area contributed by atoms with Crippen LogP contribution in [0.25, 0.3) is 0 Å². The minimum absolute atomic E-state index is 0.0265. The third kappa shape index (κ3) is 61.1. The van der Waals surface area contributed by atoms with Crippen molar-refractivity contribution in [2.45, 2.75) is 290 Å². The first-order valence-electron chi connectivity index (χ1n) is 33.2. The highest BCUT2D eigenvalue weighted by Crippen LogP contribution is 2.43. The van der Waals surface area contributed by atoms with Crippen LogP contribution in [0.4, 0.5) is 0 Å². The summed E-state index contributed by atoms with van der Waals surface area (Å²) in [6, 6.07) is -0.878. The number of nitrogens with one attached hydrogen (secondary N) is 1. The first-order valence-corrected chi connectivity index (χ1v) is 34.7. The number of rotatable bonds is 59. The molecule has 466 valence electrons. The number of allylic oxidation sites excluding steroid dienone is 17. The van der Waals surface area contributed by atoms with Crippen molar-refractivity contribution in [3.63, 3.8) is 0 Å². The molecular weight excluding hydrogens is 1020 g/mol.